The van der Waals surface area contributed by atoms with E-state index in [1.807, 2.05) is 6.07 Å². The molecule has 0 radical (unpaired) electrons. The minimum Gasteiger partial charge on any atom is -0.468 e. The van der Waals surface area contributed by atoms with E-state index in [9.17, 15) is 13.2 Å². The summed E-state index contributed by atoms with van der Waals surface area (Å²) < 4.78 is 32.0. The van der Waals surface area contributed by atoms with E-state index in [4.69, 9.17) is 9.68 Å². The van der Waals surface area contributed by atoms with Crippen molar-refractivity contribution in [2.75, 3.05) is 13.6 Å². The van der Waals surface area contributed by atoms with Gasteiger partial charge in [-0.2, -0.15) is 5.26 Å². The lowest BCUT2D eigenvalue weighted by Crippen LogP contribution is -2.25. The Kier molecular flexibility index (Phi) is 6.72. The number of sulfonamides is 1. The van der Waals surface area contributed by atoms with E-state index >= 15 is 0 Å². The summed E-state index contributed by atoms with van der Waals surface area (Å²) in [6.45, 7) is 0.429. The molecule has 0 aliphatic heterocycles. The zero-order valence-electron chi connectivity index (χ0n) is 14.3. The van der Waals surface area contributed by atoms with Crippen LogP contribution in [-0.4, -0.2) is 32.8 Å². The first kappa shape index (κ1) is 19.4. The highest BCUT2D eigenvalue weighted by Crippen LogP contribution is 2.12. The number of carbonyl (C=O) groups excluding carboxylic acids is 1. The van der Waals surface area contributed by atoms with Gasteiger partial charge in [-0.1, -0.05) is 12.1 Å². The lowest BCUT2D eigenvalue weighted by molar-refractivity contribution is -0.124. The number of benzene rings is 1. The van der Waals surface area contributed by atoms with Gasteiger partial charge in [-0.15, -0.1) is 0 Å². The number of nitriles is 1. The number of hydrogen-bond acceptors (Lipinski definition) is 5. The van der Waals surface area contributed by atoms with Crippen LogP contribution in [-0.2, 0) is 21.4 Å². The quantitative estimate of drug-likeness (QED) is 0.714. The van der Waals surface area contributed by atoms with E-state index in [0.29, 0.717) is 17.9 Å². The van der Waals surface area contributed by atoms with Crippen molar-refractivity contribution in [2.45, 2.75) is 17.9 Å². The van der Waals surface area contributed by atoms with Crippen LogP contribution in [0.1, 0.15) is 17.7 Å². The molecule has 0 aliphatic carbocycles. The maximum atomic E-state index is 12.2. The Morgan fingerprint density at radius 3 is 2.65 bits per heavy atom. The molecule has 0 aliphatic rings. The summed E-state index contributed by atoms with van der Waals surface area (Å²) in [6, 6.07) is 11.5. The van der Waals surface area contributed by atoms with Crippen molar-refractivity contribution >= 4 is 22.0 Å². The fourth-order valence-corrected chi connectivity index (χ4v) is 3.04. The first-order valence-corrected chi connectivity index (χ1v) is 9.33. The van der Waals surface area contributed by atoms with Crippen LogP contribution in [0.15, 0.2) is 58.1 Å². The molecule has 0 saturated heterocycles. The molecule has 2 aromatic rings. The van der Waals surface area contributed by atoms with Crippen molar-refractivity contribution < 1.29 is 17.6 Å². The molecule has 7 nitrogen and oxygen atoms in total. The summed E-state index contributed by atoms with van der Waals surface area (Å²) in [6.07, 6.45) is 4.73. The number of likely N-dealkylation sites (N-methyl/N-ethyl adjacent to an activating group) is 1. The number of nitrogens with one attached hydrogen (secondary N) is 1. The summed E-state index contributed by atoms with van der Waals surface area (Å²) in [5, 5.41) is 8.52. The van der Waals surface area contributed by atoms with Crippen LogP contribution in [0, 0.1) is 11.3 Å². The topological polar surface area (TPSA) is 103 Å². The minimum atomic E-state index is -3.65. The van der Waals surface area contributed by atoms with Crippen LogP contribution in [0.3, 0.4) is 0 Å². The molecule has 0 saturated carbocycles. The van der Waals surface area contributed by atoms with E-state index in [1.54, 1.807) is 37.4 Å². The average Bonchev–Trinajstić information content (AvgIpc) is 3.16. The van der Waals surface area contributed by atoms with Gasteiger partial charge >= 0.3 is 0 Å². The van der Waals surface area contributed by atoms with Gasteiger partial charge < -0.3 is 9.32 Å². The second kappa shape index (κ2) is 8.99. The first-order chi connectivity index (χ1) is 12.4. The van der Waals surface area contributed by atoms with Crippen LogP contribution in [0.2, 0.25) is 0 Å². The monoisotopic (exact) mass is 373 g/mol. The Morgan fingerprint density at radius 1 is 1.31 bits per heavy atom. The number of hydrogen-bond donors (Lipinski definition) is 1. The van der Waals surface area contributed by atoms with Crippen molar-refractivity contribution in [3.8, 4) is 6.07 Å². The molecule has 1 aromatic heterocycles. The van der Waals surface area contributed by atoms with Crippen molar-refractivity contribution in [3.63, 3.8) is 0 Å². The van der Waals surface area contributed by atoms with Gasteiger partial charge in [0.1, 0.15) is 5.76 Å². The number of nitrogens with zero attached hydrogens (tertiary/aromatic N) is 2. The largest absolute Gasteiger partial charge is 0.468 e. The van der Waals surface area contributed by atoms with Gasteiger partial charge in [-0.05, 0) is 35.9 Å². The third-order valence-electron chi connectivity index (χ3n) is 3.56. The molecule has 136 valence electrons. The summed E-state index contributed by atoms with van der Waals surface area (Å²) in [4.78, 5) is 13.4. The molecule has 8 heteroatoms. The second-order valence-electron chi connectivity index (χ2n) is 5.47. The second-order valence-corrected chi connectivity index (χ2v) is 7.24. The molecule has 1 amide bonds. The molecular weight excluding hydrogens is 354 g/mol. The van der Waals surface area contributed by atoms with Gasteiger partial charge in [0, 0.05) is 19.7 Å². The number of carbonyl (C=O) groups is 1. The molecule has 0 bridgehead atoms. The molecule has 1 heterocycles. The van der Waals surface area contributed by atoms with Gasteiger partial charge in [0.05, 0.1) is 30.2 Å². The van der Waals surface area contributed by atoms with Crippen molar-refractivity contribution in [1.29, 1.82) is 5.26 Å². The van der Waals surface area contributed by atoms with E-state index in [1.165, 1.54) is 29.4 Å². The molecule has 0 unspecified atom stereocenters. The zero-order valence-corrected chi connectivity index (χ0v) is 15.1. The fraction of sp³-hybridized carbons (Fsp3) is 0.222. The van der Waals surface area contributed by atoms with E-state index in [-0.39, 0.29) is 23.8 Å². The SMILES string of the molecule is CN(CCC#N)C(=O)C=Cc1ccc(S(=O)(=O)NCc2ccco2)cc1. The molecule has 26 heavy (non-hydrogen) atoms. The van der Waals surface area contributed by atoms with Gasteiger partial charge in [0.15, 0.2) is 0 Å². The summed E-state index contributed by atoms with van der Waals surface area (Å²) in [5.74, 6) is 0.296. The van der Waals surface area contributed by atoms with Crippen molar-refractivity contribution in [2.24, 2.45) is 0 Å². The van der Waals surface area contributed by atoms with Crippen LogP contribution >= 0.6 is 0 Å². The predicted molar refractivity (Wildman–Crippen MR) is 96.1 cm³/mol. The summed E-state index contributed by atoms with van der Waals surface area (Å²) in [7, 11) is -2.03. The number of furan rings is 1. The van der Waals surface area contributed by atoms with E-state index < -0.39 is 10.0 Å². The lowest BCUT2D eigenvalue weighted by Gasteiger charge is -2.12. The maximum Gasteiger partial charge on any atom is 0.246 e. The van der Waals surface area contributed by atoms with Crippen LogP contribution in [0.5, 0.6) is 0 Å². The Hall–Kier alpha value is -2.89. The Bertz CT molecular complexity index is 895. The summed E-state index contributed by atoms with van der Waals surface area (Å²) >= 11 is 0. The fourth-order valence-electron chi connectivity index (χ4n) is 2.04. The third-order valence-corrected chi connectivity index (χ3v) is 4.98. The van der Waals surface area contributed by atoms with E-state index in [0.717, 1.165) is 0 Å². The highest BCUT2D eigenvalue weighted by molar-refractivity contribution is 7.89. The normalized spacial score (nSPS) is 11.4. The Labute approximate surface area is 152 Å². The van der Waals surface area contributed by atoms with Crippen molar-refractivity contribution in [3.05, 3.63) is 60.1 Å². The van der Waals surface area contributed by atoms with Crippen molar-refractivity contribution in [1.82, 2.24) is 9.62 Å². The molecule has 2 rings (SSSR count). The predicted octanol–water partition coefficient (Wildman–Crippen LogP) is 2.14. The highest BCUT2D eigenvalue weighted by atomic mass is 32.2. The Balaban J connectivity index is 1.97. The molecule has 0 atom stereocenters. The lowest BCUT2D eigenvalue weighted by atomic mass is 10.2. The van der Waals surface area contributed by atoms with Crippen LogP contribution < -0.4 is 4.72 Å². The average molecular weight is 373 g/mol. The molecular formula is C18H19N3O4S. The van der Waals surface area contributed by atoms with Gasteiger partial charge in [0.25, 0.3) is 0 Å². The minimum absolute atomic E-state index is 0.0700. The van der Waals surface area contributed by atoms with Crippen LogP contribution in [0.4, 0.5) is 0 Å². The molecule has 0 fully saturated rings. The molecule has 0 spiro atoms. The van der Waals surface area contributed by atoms with Crippen LogP contribution in [0.25, 0.3) is 6.08 Å². The molecule has 1 N–H and O–H groups in total. The van der Waals surface area contributed by atoms with Gasteiger partial charge in [-0.25, -0.2) is 13.1 Å². The van der Waals surface area contributed by atoms with Gasteiger partial charge in [0.2, 0.25) is 15.9 Å². The molecule has 1 aromatic carbocycles. The maximum absolute atomic E-state index is 12.2. The smallest absolute Gasteiger partial charge is 0.246 e. The highest BCUT2D eigenvalue weighted by Gasteiger charge is 2.14. The standard InChI is InChI=1S/C18H19N3O4S/c1-21(12-3-11-19)18(22)10-7-15-5-8-17(9-6-15)26(23,24)20-14-16-4-2-13-25-16/h2,4-10,13,20H,3,12,14H2,1H3. The van der Waals surface area contributed by atoms with Gasteiger partial charge in [-0.3, -0.25) is 4.79 Å². The number of amides is 1. The summed E-state index contributed by atoms with van der Waals surface area (Å²) in [5.41, 5.74) is 0.692. The zero-order chi connectivity index (χ0) is 19.0. The Morgan fingerprint density at radius 2 is 2.04 bits per heavy atom. The third kappa shape index (κ3) is 5.58. The first-order valence-electron chi connectivity index (χ1n) is 7.84. The number of rotatable bonds is 8. The van der Waals surface area contributed by atoms with E-state index in [2.05, 4.69) is 4.72 Å².